The SMILES string of the molecule is N#Cc1c(N2CCN/C2=C\[N+](=O)[O-])cc(-c2ccc(Br)cc2)oc1=O. The van der Waals surface area contributed by atoms with Crippen molar-refractivity contribution in [3.63, 3.8) is 0 Å². The van der Waals surface area contributed by atoms with E-state index in [1.807, 2.05) is 6.07 Å². The molecule has 2 heterocycles. The minimum atomic E-state index is -0.787. The van der Waals surface area contributed by atoms with Gasteiger partial charge in [0.15, 0.2) is 11.4 Å². The van der Waals surface area contributed by atoms with Crippen molar-refractivity contribution in [1.29, 1.82) is 5.26 Å². The number of anilines is 1. The number of rotatable bonds is 3. The Morgan fingerprint density at radius 1 is 1.40 bits per heavy atom. The van der Waals surface area contributed by atoms with Gasteiger partial charge in [-0.1, -0.05) is 28.1 Å². The minimum absolute atomic E-state index is 0.196. The van der Waals surface area contributed by atoms with Gasteiger partial charge in [0.05, 0.1) is 10.6 Å². The maximum atomic E-state index is 12.2. The lowest BCUT2D eigenvalue weighted by atomic mass is 10.1. The third-order valence-corrected chi connectivity index (χ3v) is 4.15. The topological polar surface area (TPSA) is 112 Å². The van der Waals surface area contributed by atoms with E-state index in [-0.39, 0.29) is 22.8 Å². The second-order valence-corrected chi connectivity index (χ2v) is 6.07. The molecule has 126 valence electrons. The fourth-order valence-electron chi connectivity index (χ4n) is 2.53. The van der Waals surface area contributed by atoms with Crippen molar-refractivity contribution in [1.82, 2.24) is 5.32 Å². The third kappa shape index (κ3) is 3.39. The van der Waals surface area contributed by atoms with Crippen molar-refractivity contribution < 1.29 is 9.34 Å². The Balaban J connectivity index is 2.15. The number of nitriles is 1. The highest BCUT2D eigenvalue weighted by atomic mass is 79.9. The molecule has 1 saturated heterocycles. The van der Waals surface area contributed by atoms with E-state index in [1.54, 1.807) is 30.3 Å². The second kappa shape index (κ2) is 6.78. The standard InChI is InChI=1S/C16H11BrN4O4/c17-11-3-1-10(2-4-11)14-7-13(12(8-18)16(22)25-14)20-6-5-19-15(20)9-21(23)24/h1-4,7,9,19H,5-6H2/b15-9+. The van der Waals surface area contributed by atoms with Crippen LogP contribution in [0.3, 0.4) is 0 Å². The summed E-state index contributed by atoms with van der Waals surface area (Å²) in [5, 5.41) is 23.0. The Kier molecular flexibility index (Phi) is 4.54. The van der Waals surface area contributed by atoms with Crippen LogP contribution in [0.5, 0.6) is 0 Å². The molecule has 0 amide bonds. The van der Waals surface area contributed by atoms with E-state index >= 15 is 0 Å². The fourth-order valence-corrected chi connectivity index (χ4v) is 2.79. The van der Waals surface area contributed by atoms with Gasteiger partial charge < -0.3 is 14.6 Å². The Hall–Kier alpha value is -3.12. The third-order valence-electron chi connectivity index (χ3n) is 3.62. The van der Waals surface area contributed by atoms with Crippen LogP contribution < -0.4 is 15.8 Å². The summed E-state index contributed by atoms with van der Waals surface area (Å²) in [5.41, 5.74) is -0.0585. The Morgan fingerprint density at radius 3 is 2.76 bits per heavy atom. The first-order valence-electron chi connectivity index (χ1n) is 7.20. The van der Waals surface area contributed by atoms with Crippen LogP contribution in [-0.4, -0.2) is 18.0 Å². The summed E-state index contributed by atoms with van der Waals surface area (Å²) in [6, 6.07) is 10.5. The van der Waals surface area contributed by atoms with Crippen LogP contribution in [0.15, 0.2) is 56.0 Å². The molecule has 1 aliphatic heterocycles. The van der Waals surface area contributed by atoms with Gasteiger partial charge in [-0.25, -0.2) is 4.79 Å². The van der Waals surface area contributed by atoms with Gasteiger partial charge in [0.1, 0.15) is 11.8 Å². The summed E-state index contributed by atoms with van der Waals surface area (Å²) in [4.78, 5) is 23.9. The van der Waals surface area contributed by atoms with E-state index in [1.165, 1.54) is 4.90 Å². The molecule has 0 bridgehead atoms. The number of nitrogens with one attached hydrogen (secondary N) is 1. The molecular formula is C16H11BrN4O4. The first kappa shape index (κ1) is 16.7. The van der Waals surface area contributed by atoms with Crippen LogP contribution in [-0.2, 0) is 0 Å². The highest BCUT2D eigenvalue weighted by molar-refractivity contribution is 9.10. The number of hydrogen-bond donors (Lipinski definition) is 1. The molecule has 2 aromatic rings. The molecule has 1 aromatic heterocycles. The number of benzene rings is 1. The van der Waals surface area contributed by atoms with Crippen molar-refractivity contribution >= 4 is 21.6 Å². The summed E-state index contributed by atoms with van der Waals surface area (Å²) < 4.78 is 6.12. The van der Waals surface area contributed by atoms with Crippen LogP contribution in [0.2, 0.25) is 0 Å². The van der Waals surface area contributed by atoms with E-state index < -0.39 is 10.5 Å². The van der Waals surface area contributed by atoms with Gasteiger partial charge >= 0.3 is 5.63 Å². The molecule has 8 nitrogen and oxygen atoms in total. The smallest absolute Gasteiger partial charge is 0.356 e. The molecule has 0 radical (unpaired) electrons. The highest BCUT2D eigenvalue weighted by Gasteiger charge is 2.26. The summed E-state index contributed by atoms with van der Waals surface area (Å²) in [6.45, 7) is 0.843. The van der Waals surface area contributed by atoms with Crippen LogP contribution >= 0.6 is 15.9 Å². The average Bonchev–Trinajstić information content (AvgIpc) is 3.02. The number of nitro groups is 1. The second-order valence-electron chi connectivity index (χ2n) is 5.16. The molecule has 0 atom stereocenters. The first-order chi connectivity index (χ1) is 12.0. The quantitative estimate of drug-likeness (QED) is 0.619. The van der Waals surface area contributed by atoms with Gasteiger partial charge in [-0.3, -0.25) is 10.1 Å². The molecule has 1 N–H and O–H groups in total. The summed E-state index contributed by atoms with van der Waals surface area (Å²) in [7, 11) is 0. The predicted octanol–water partition coefficient (Wildman–Crippen LogP) is 2.43. The van der Waals surface area contributed by atoms with Crippen molar-refractivity contribution in [2.75, 3.05) is 18.0 Å². The molecule has 0 aliphatic carbocycles. The molecule has 0 spiro atoms. The van der Waals surface area contributed by atoms with Gasteiger partial charge in [0.25, 0.3) is 6.20 Å². The van der Waals surface area contributed by atoms with E-state index in [4.69, 9.17) is 4.42 Å². The summed E-state index contributed by atoms with van der Waals surface area (Å²) in [5.74, 6) is 0.493. The molecule has 1 aromatic carbocycles. The minimum Gasteiger partial charge on any atom is -0.422 e. The predicted molar refractivity (Wildman–Crippen MR) is 93.3 cm³/mol. The van der Waals surface area contributed by atoms with Crippen LogP contribution in [0.1, 0.15) is 5.56 Å². The monoisotopic (exact) mass is 402 g/mol. The zero-order chi connectivity index (χ0) is 18.0. The molecule has 9 heteroatoms. The lowest BCUT2D eigenvalue weighted by molar-refractivity contribution is -0.403. The van der Waals surface area contributed by atoms with Crippen LogP contribution in [0.25, 0.3) is 11.3 Å². The van der Waals surface area contributed by atoms with Crippen molar-refractivity contribution in [2.45, 2.75) is 0 Å². The first-order valence-corrected chi connectivity index (χ1v) is 8.00. The summed E-state index contributed by atoms with van der Waals surface area (Å²) in [6.07, 6.45) is 0.808. The van der Waals surface area contributed by atoms with Gasteiger partial charge in [-0.15, -0.1) is 0 Å². The van der Waals surface area contributed by atoms with Crippen LogP contribution in [0.4, 0.5) is 5.69 Å². The zero-order valence-electron chi connectivity index (χ0n) is 12.7. The molecular weight excluding hydrogens is 392 g/mol. The Bertz CT molecular complexity index is 960. The molecule has 3 rings (SSSR count). The summed E-state index contributed by atoms with van der Waals surface area (Å²) >= 11 is 3.33. The fraction of sp³-hybridized carbons (Fsp3) is 0.125. The highest BCUT2D eigenvalue weighted by Crippen LogP contribution is 2.29. The lowest BCUT2D eigenvalue weighted by Crippen LogP contribution is -2.23. The van der Waals surface area contributed by atoms with E-state index in [2.05, 4.69) is 21.2 Å². The van der Waals surface area contributed by atoms with E-state index in [0.717, 1.165) is 10.7 Å². The lowest BCUT2D eigenvalue weighted by Gasteiger charge is -2.18. The molecule has 1 aliphatic rings. The Morgan fingerprint density at radius 2 is 2.12 bits per heavy atom. The number of hydrogen-bond acceptors (Lipinski definition) is 7. The normalized spacial score (nSPS) is 15.0. The van der Waals surface area contributed by atoms with Gasteiger partial charge in [-0.05, 0) is 12.1 Å². The maximum Gasteiger partial charge on any atom is 0.356 e. The van der Waals surface area contributed by atoms with Crippen molar-refractivity contribution in [3.05, 3.63) is 72.9 Å². The van der Waals surface area contributed by atoms with Gasteiger partial charge in [-0.2, -0.15) is 5.26 Å². The average molecular weight is 403 g/mol. The Labute approximate surface area is 150 Å². The number of nitrogens with zero attached hydrogens (tertiary/aromatic N) is 3. The van der Waals surface area contributed by atoms with Gasteiger partial charge in [0.2, 0.25) is 0 Å². The van der Waals surface area contributed by atoms with Crippen molar-refractivity contribution in [3.8, 4) is 17.4 Å². The molecule has 0 unspecified atom stereocenters. The molecule has 25 heavy (non-hydrogen) atoms. The largest absolute Gasteiger partial charge is 0.422 e. The van der Waals surface area contributed by atoms with Crippen LogP contribution in [0, 0.1) is 21.4 Å². The number of halogens is 1. The molecule has 1 fully saturated rings. The van der Waals surface area contributed by atoms with Gasteiger partial charge in [0, 0.05) is 29.2 Å². The van der Waals surface area contributed by atoms with E-state index in [9.17, 15) is 20.2 Å². The maximum absolute atomic E-state index is 12.2. The zero-order valence-corrected chi connectivity index (χ0v) is 14.3. The van der Waals surface area contributed by atoms with E-state index in [0.29, 0.717) is 18.7 Å². The van der Waals surface area contributed by atoms with Crippen molar-refractivity contribution in [2.24, 2.45) is 0 Å². The molecule has 0 saturated carbocycles.